The summed E-state index contributed by atoms with van der Waals surface area (Å²) >= 11 is 0. The van der Waals surface area contributed by atoms with Gasteiger partial charge in [-0.2, -0.15) is 0 Å². The molecule has 3 rings (SSSR count). The van der Waals surface area contributed by atoms with Crippen LogP contribution in [0.25, 0.3) is 0 Å². The lowest BCUT2D eigenvalue weighted by molar-refractivity contribution is 0.102. The maximum absolute atomic E-state index is 12.9. The number of anilines is 2. The molecule has 0 aliphatic carbocycles. The number of amides is 1. The van der Waals surface area contributed by atoms with Gasteiger partial charge >= 0.3 is 0 Å². The first-order valence-electron chi connectivity index (χ1n) is 8.31. The molecule has 5 nitrogen and oxygen atoms in total. The summed E-state index contributed by atoms with van der Waals surface area (Å²) < 4.78 is 12.9. The van der Waals surface area contributed by atoms with Crippen molar-refractivity contribution in [1.82, 2.24) is 10.2 Å². The number of nitrogens with one attached hydrogen (secondary N) is 2. The van der Waals surface area contributed by atoms with Gasteiger partial charge in [0.1, 0.15) is 11.6 Å². The number of carbonyl (C=O) groups is 1. The van der Waals surface area contributed by atoms with Crippen molar-refractivity contribution in [3.8, 4) is 0 Å². The van der Waals surface area contributed by atoms with E-state index in [9.17, 15) is 9.18 Å². The average Bonchev–Trinajstić information content (AvgIpc) is 2.65. The van der Waals surface area contributed by atoms with Gasteiger partial charge < -0.3 is 10.6 Å². The second kappa shape index (κ2) is 8.20. The molecule has 3 aromatic rings. The van der Waals surface area contributed by atoms with E-state index in [0.717, 1.165) is 17.5 Å². The van der Waals surface area contributed by atoms with Crippen molar-refractivity contribution in [2.24, 2.45) is 0 Å². The van der Waals surface area contributed by atoms with Crippen LogP contribution in [0.2, 0.25) is 0 Å². The van der Waals surface area contributed by atoms with Crippen molar-refractivity contribution >= 4 is 17.5 Å². The first kappa shape index (κ1) is 17.5. The number of aromatic nitrogens is 2. The fraction of sp³-hybridized carbons (Fsp3) is 0.150. The minimum atomic E-state index is -0.240. The van der Waals surface area contributed by atoms with Crippen LogP contribution in [0.15, 0.2) is 60.7 Å². The molecule has 0 radical (unpaired) electrons. The Morgan fingerprint density at radius 1 is 0.962 bits per heavy atom. The maximum Gasteiger partial charge on any atom is 0.257 e. The van der Waals surface area contributed by atoms with Gasteiger partial charge in [0, 0.05) is 12.1 Å². The fourth-order valence-corrected chi connectivity index (χ4v) is 2.49. The molecule has 1 aromatic heterocycles. The van der Waals surface area contributed by atoms with Crippen LogP contribution in [0.3, 0.4) is 0 Å². The van der Waals surface area contributed by atoms with Gasteiger partial charge in [-0.1, -0.05) is 30.3 Å². The molecule has 0 bridgehead atoms. The Morgan fingerprint density at radius 2 is 1.65 bits per heavy atom. The van der Waals surface area contributed by atoms with E-state index in [-0.39, 0.29) is 11.7 Å². The number of nitrogens with zero attached hydrogens (tertiary/aromatic N) is 2. The Kier molecular flexibility index (Phi) is 5.53. The number of aryl methyl sites for hydroxylation is 1. The van der Waals surface area contributed by atoms with E-state index in [4.69, 9.17) is 0 Å². The Hall–Kier alpha value is -3.28. The summed E-state index contributed by atoms with van der Waals surface area (Å²) in [5.41, 5.74) is 2.54. The molecule has 6 heteroatoms. The highest BCUT2D eigenvalue weighted by Gasteiger charge is 2.09. The summed E-state index contributed by atoms with van der Waals surface area (Å²) in [6.45, 7) is 2.53. The van der Waals surface area contributed by atoms with Crippen LogP contribution in [0.4, 0.5) is 16.0 Å². The number of halogens is 1. The summed E-state index contributed by atoms with van der Waals surface area (Å²) in [7, 11) is 0. The van der Waals surface area contributed by atoms with Crippen molar-refractivity contribution in [3.63, 3.8) is 0 Å². The summed E-state index contributed by atoms with van der Waals surface area (Å²) in [5, 5.41) is 14.0. The predicted octanol–water partition coefficient (Wildman–Crippen LogP) is 3.83. The predicted molar refractivity (Wildman–Crippen MR) is 99.8 cm³/mol. The number of carbonyl (C=O) groups excluding carboxylic acids is 1. The lowest BCUT2D eigenvalue weighted by Crippen LogP contribution is -2.15. The van der Waals surface area contributed by atoms with Gasteiger partial charge in [0.05, 0.1) is 0 Å². The van der Waals surface area contributed by atoms with Crippen LogP contribution in [0, 0.1) is 12.7 Å². The molecule has 0 aliphatic rings. The van der Waals surface area contributed by atoms with E-state index in [1.165, 1.54) is 12.1 Å². The largest absolute Gasteiger partial charge is 0.368 e. The van der Waals surface area contributed by atoms with Crippen LogP contribution >= 0.6 is 0 Å². The number of hydrogen-bond donors (Lipinski definition) is 2. The topological polar surface area (TPSA) is 66.9 Å². The minimum Gasteiger partial charge on any atom is -0.368 e. The lowest BCUT2D eigenvalue weighted by Gasteiger charge is -2.08. The number of hydrogen-bond acceptors (Lipinski definition) is 4. The first-order valence-corrected chi connectivity index (χ1v) is 8.31. The second-order valence-electron chi connectivity index (χ2n) is 5.88. The number of rotatable bonds is 6. The van der Waals surface area contributed by atoms with Crippen LogP contribution in [-0.4, -0.2) is 22.6 Å². The molecule has 132 valence electrons. The van der Waals surface area contributed by atoms with Crippen LogP contribution in [-0.2, 0) is 6.42 Å². The zero-order chi connectivity index (χ0) is 18.4. The summed E-state index contributed by atoms with van der Waals surface area (Å²) in [6, 6.07) is 17.2. The zero-order valence-corrected chi connectivity index (χ0v) is 14.4. The highest BCUT2D eigenvalue weighted by atomic mass is 19.1. The highest BCUT2D eigenvalue weighted by molar-refractivity contribution is 6.04. The Balaban J connectivity index is 1.52. The minimum absolute atomic E-state index is 0.214. The van der Waals surface area contributed by atoms with E-state index in [1.807, 2.05) is 25.1 Å². The van der Waals surface area contributed by atoms with Crippen molar-refractivity contribution in [2.45, 2.75) is 13.3 Å². The van der Waals surface area contributed by atoms with Crippen molar-refractivity contribution in [3.05, 3.63) is 83.2 Å². The molecule has 0 saturated heterocycles. The van der Waals surface area contributed by atoms with E-state index in [2.05, 4.69) is 20.8 Å². The summed E-state index contributed by atoms with van der Waals surface area (Å²) in [4.78, 5) is 12.3. The van der Waals surface area contributed by atoms with Gasteiger partial charge in [0.15, 0.2) is 5.82 Å². The summed E-state index contributed by atoms with van der Waals surface area (Å²) in [5.74, 6) is 0.550. The molecule has 1 amide bonds. The Labute approximate surface area is 151 Å². The standard InChI is InChI=1S/C20H19FN4O/c1-14-4-2-3-5-17(14)20(26)23-19-11-10-18(24-25-19)22-13-12-15-6-8-16(21)9-7-15/h2-11H,12-13H2,1H3,(H,22,24)(H,23,25,26). The highest BCUT2D eigenvalue weighted by Crippen LogP contribution is 2.11. The smallest absolute Gasteiger partial charge is 0.257 e. The lowest BCUT2D eigenvalue weighted by atomic mass is 10.1. The molecule has 0 aliphatic heterocycles. The van der Waals surface area contributed by atoms with Crippen LogP contribution < -0.4 is 10.6 Å². The van der Waals surface area contributed by atoms with E-state index < -0.39 is 0 Å². The van der Waals surface area contributed by atoms with Gasteiger partial charge in [-0.3, -0.25) is 4.79 Å². The second-order valence-corrected chi connectivity index (χ2v) is 5.88. The molecule has 2 aromatic carbocycles. The van der Waals surface area contributed by atoms with Crippen LogP contribution in [0.1, 0.15) is 21.5 Å². The monoisotopic (exact) mass is 350 g/mol. The molecule has 0 atom stereocenters. The normalized spacial score (nSPS) is 10.4. The zero-order valence-electron chi connectivity index (χ0n) is 14.4. The van der Waals surface area contributed by atoms with Crippen molar-refractivity contribution < 1.29 is 9.18 Å². The third-order valence-electron chi connectivity index (χ3n) is 3.93. The molecule has 0 fully saturated rings. The molecule has 1 heterocycles. The fourth-order valence-electron chi connectivity index (χ4n) is 2.49. The molecule has 0 unspecified atom stereocenters. The van der Waals surface area contributed by atoms with E-state index >= 15 is 0 Å². The molecule has 0 spiro atoms. The molecule has 2 N–H and O–H groups in total. The Bertz CT molecular complexity index is 879. The quantitative estimate of drug-likeness (QED) is 0.709. The van der Waals surface area contributed by atoms with Gasteiger partial charge in [-0.25, -0.2) is 4.39 Å². The number of benzene rings is 2. The van der Waals surface area contributed by atoms with Gasteiger partial charge in [-0.15, -0.1) is 10.2 Å². The van der Waals surface area contributed by atoms with Crippen molar-refractivity contribution in [2.75, 3.05) is 17.2 Å². The summed E-state index contributed by atoms with van der Waals surface area (Å²) in [6.07, 6.45) is 0.744. The molecular weight excluding hydrogens is 331 g/mol. The van der Waals surface area contributed by atoms with E-state index in [1.54, 1.807) is 30.3 Å². The average molecular weight is 350 g/mol. The van der Waals surface area contributed by atoms with Gasteiger partial charge in [0.25, 0.3) is 5.91 Å². The van der Waals surface area contributed by atoms with Gasteiger partial charge in [0.2, 0.25) is 0 Å². The molecule has 0 saturated carbocycles. The maximum atomic E-state index is 12.9. The van der Waals surface area contributed by atoms with Crippen LogP contribution in [0.5, 0.6) is 0 Å². The third kappa shape index (κ3) is 4.63. The molecular formula is C20H19FN4O. The SMILES string of the molecule is Cc1ccccc1C(=O)Nc1ccc(NCCc2ccc(F)cc2)nn1. The first-order chi connectivity index (χ1) is 12.6. The van der Waals surface area contributed by atoms with E-state index in [0.29, 0.717) is 23.7 Å². The van der Waals surface area contributed by atoms with Crippen molar-refractivity contribution in [1.29, 1.82) is 0 Å². The third-order valence-corrected chi connectivity index (χ3v) is 3.93. The van der Waals surface area contributed by atoms with Gasteiger partial charge in [-0.05, 0) is 54.8 Å². The molecule has 26 heavy (non-hydrogen) atoms. The Morgan fingerprint density at radius 3 is 2.35 bits per heavy atom.